The molecule has 0 fully saturated rings. The highest BCUT2D eigenvalue weighted by molar-refractivity contribution is 6.16. The first kappa shape index (κ1) is 34.0. The van der Waals surface area contributed by atoms with E-state index in [9.17, 15) is 19.8 Å². The summed E-state index contributed by atoms with van der Waals surface area (Å²) in [5.41, 5.74) is 0.0787. The smallest absolute Gasteiger partial charge is 0.265 e. The number of allylic oxidation sites excluding steroid dienone is 1. The monoisotopic (exact) mass is 688 g/mol. The third-order valence-electron chi connectivity index (χ3n) is 10.1. The first-order valence-corrected chi connectivity index (χ1v) is 16.9. The highest BCUT2D eigenvalue weighted by Gasteiger charge is 2.64. The summed E-state index contributed by atoms with van der Waals surface area (Å²) in [7, 11) is 3.70. The molecule has 0 spiro atoms. The number of rotatable bonds is 12. The van der Waals surface area contributed by atoms with Gasteiger partial charge in [0.25, 0.3) is 5.88 Å². The molecule has 0 unspecified atom stereocenters. The van der Waals surface area contributed by atoms with Crippen molar-refractivity contribution in [1.29, 1.82) is 0 Å². The van der Waals surface area contributed by atoms with Gasteiger partial charge in [-0.05, 0) is 35.0 Å². The number of benzene rings is 2. The number of anilines is 1. The Morgan fingerprint density at radius 3 is 2.20 bits per heavy atom. The number of carbonyl (C=O) groups excluding carboxylic acids is 2. The van der Waals surface area contributed by atoms with E-state index in [4.69, 9.17) is 14.0 Å². The number of ether oxygens (including phenoxy) is 2. The second-order valence-corrected chi connectivity index (χ2v) is 13.4. The maximum Gasteiger partial charge on any atom is 0.265 e. The molecule has 262 valence electrons. The highest BCUT2D eigenvalue weighted by Crippen LogP contribution is 2.57. The van der Waals surface area contributed by atoms with Crippen molar-refractivity contribution in [1.82, 2.24) is 15.0 Å². The Balaban J connectivity index is 1.35. The number of pyridine rings is 1. The number of fused-ring (bicyclic) bond motifs is 4. The van der Waals surface area contributed by atoms with Crippen LogP contribution in [0.5, 0.6) is 11.6 Å². The second kappa shape index (κ2) is 13.7. The van der Waals surface area contributed by atoms with Crippen molar-refractivity contribution in [2.24, 2.45) is 11.8 Å². The molecule has 0 radical (unpaired) electrons. The Labute approximate surface area is 296 Å². The van der Waals surface area contributed by atoms with Crippen LogP contribution in [0.25, 0.3) is 0 Å². The van der Waals surface area contributed by atoms with Crippen LogP contribution in [0.3, 0.4) is 0 Å². The fraction of sp³-hybridized carbons (Fsp3) is 0.300. The summed E-state index contributed by atoms with van der Waals surface area (Å²) in [6.45, 7) is 8.80. The Bertz CT molecular complexity index is 2010. The zero-order chi connectivity index (χ0) is 35.9. The molecule has 3 aliphatic rings. The van der Waals surface area contributed by atoms with Crippen LogP contribution in [0.15, 0.2) is 108 Å². The third kappa shape index (κ3) is 5.72. The number of aliphatic hydroxyl groups is 2. The molecule has 2 heterocycles. The molecule has 11 heteroatoms. The molecule has 4 atom stereocenters. The Kier molecular flexibility index (Phi) is 9.09. The van der Waals surface area contributed by atoms with Crippen LogP contribution in [0.4, 0.5) is 5.82 Å². The SMILES string of the molecule is C=CCN(CC=C)[C@@H]1c2onc(OCc3ccccc3)c2C(=O)[C@@]2(O)C(O)=C3C(=O)c4c(OCc5ccccc5)cnc(N(C)C)c4C[C@H]3C[C@@H]12. The molecular weight excluding hydrogens is 648 g/mol. The maximum absolute atomic E-state index is 14.7. The van der Waals surface area contributed by atoms with Crippen molar-refractivity contribution >= 4 is 17.4 Å². The number of hydrogen-bond donors (Lipinski definition) is 2. The zero-order valence-corrected chi connectivity index (χ0v) is 28.6. The van der Waals surface area contributed by atoms with Crippen LogP contribution in [-0.2, 0) is 19.6 Å². The van der Waals surface area contributed by atoms with Gasteiger partial charge in [0.05, 0.1) is 17.8 Å². The number of nitrogens with zero attached hydrogens (tertiary/aromatic N) is 4. The normalized spacial score (nSPS) is 22.1. The average molecular weight is 689 g/mol. The minimum absolute atomic E-state index is 0.0144. The van der Waals surface area contributed by atoms with E-state index in [0.717, 1.165) is 11.1 Å². The van der Waals surface area contributed by atoms with Crippen LogP contribution in [0, 0.1) is 11.8 Å². The van der Waals surface area contributed by atoms with E-state index < -0.39 is 40.8 Å². The summed E-state index contributed by atoms with van der Waals surface area (Å²) in [4.78, 5) is 37.7. The van der Waals surface area contributed by atoms with Gasteiger partial charge in [-0.25, -0.2) is 4.98 Å². The summed E-state index contributed by atoms with van der Waals surface area (Å²) in [5, 5.41) is 29.0. The molecule has 2 aromatic carbocycles. The van der Waals surface area contributed by atoms with Crippen molar-refractivity contribution in [2.75, 3.05) is 32.1 Å². The largest absolute Gasteiger partial charge is 0.508 e. The predicted molar refractivity (Wildman–Crippen MR) is 190 cm³/mol. The van der Waals surface area contributed by atoms with Gasteiger partial charge in [-0.3, -0.25) is 14.5 Å². The Morgan fingerprint density at radius 1 is 0.961 bits per heavy atom. The Morgan fingerprint density at radius 2 is 1.59 bits per heavy atom. The lowest BCUT2D eigenvalue weighted by Crippen LogP contribution is -2.60. The quantitative estimate of drug-likeness (QED) is 0.174. The van der Waals surface area contributed by atoms with Gasteiger partial charge in [0.15, 0.2) is 17.1 Å². The van der Waals surface area contributed by atoms with E-state index in [1.807, 2.05) is 84.6 Å². The summed E-state index contributed by atoms with van der Waals surface area (Å²) in [5.74, 6) is -2.55. The second-order valence-electron chi connectivity index (χ2n) is 13.4. The molecule has 0 bridgehead atoms. The lowest BCUT2D eigenvalue weighted by Gasteiger charge is -2.50. The van der Waals surface area contributed by atoms with E-state index in [1.165, 1.54) is 6.20 Å². The van der Waals surface area contributed by atoms with Crippen LogP contribution in [0.2, 0.25) is 0 Å². The molecule has 0 aliphatic heterocycles. The number of aromatic nitrogens is 2. The van der Waals surface area contributed by atoms with Crippen molar-refractivity contribution in [3.63, 3.8) is 0 Å². The zero-order valence-electron chi connectivity index (χ0n) is 28.6. The highest BCUT2D eigenvalue weighted by atomic mass is 16.5. The molecule has 2 aromatic heterocycles. The van der Waals surface area contributed by atoms with Crippen molar-refractivity contribution in [2.45, 2.75) is 37.7 Å². The van der Waals surface area contributed by atoms with Crippen LogP contribution < -0.4 is 14.4 Å². The van der Waals surface area contributed by atoms with Crippen molar-refractivity contribution in [3.8, 4) is 11.6 Å². The van der Waals surface area contributed by atoms with E-state index >= 15 is 0 Å². The molecule has 0 saturated carbocycles. The Hall–Kier alpha value is -5.52. The minimum atomic E-state index is -2.49. The van der Waals surface area contributed by atoms with Gasteiger partial charge in [-0.2, -0.15) is 0 Å². The van der Waals surface area contributed by atoms with Crippen molar-refractivity contribution < 1.29 is 33.8 Å². The van der Waals surface area contributed by atoms with Crippen LogP contribution in [0.1, 0.15) is 55.6 Å². The van der Waals surface area contributed by atoms with Gasteiger partial charge < -0.3 is 29.1 Å². The minimum Gasteiger partial charge on any atom is -0.508 e. The van der Waals surface area contributed by atoms with Gasteiger partial charge in [-0.1, -0.05) is 72.8 Å². The number of carbonyl (C=O) groups is 2. The molecule has 2 N–H and O–H groups in total. The summed E-state index contributed by atoms with van der Waals surface area (Å²) in [6, 6.07) is 18.1. The van der Waals surface area contributed by atoms with Crippen LogP contribution in [-0.4, -0.2) is 69.6 Å². The fourth-order valence-electron chi connectivity index (χ4n) is 7.81. The number of ketones is 2. The van der Waals surface area contributed by atoms with Gasteiger partial charge in [0.1, 0.15) is 36.1 Å². The van der Waals surface area contributed by atoms with E-state index in [1.54, 1.807) is 12.2 Å². The lowest BCUT2D eigenvalue weighted by molar-refractivity contribution is -0.0601. The number of aliphatic hydroxyl groups excluding tert-OH is 1. The summed E-state index contributed by atoms with van der Waals surface area (Å²) < 4.78 is 18.1. The molecule has 0 amide bonds. The predicted octanol–water partition coefficient (Wildman–Crippen LogP) is 5.82. The molecule has 4 aromatic rings. The summed E-state index contributed by atoms with van der Waals surface area (Å²) >= 11 is 0. The molecule has 11 nitrogen and oxygen atoms in total. The number of Topliss-reactive ketones (excluding diaryl/α,β-unsaturated/α-hetero) is 2. The topological polar surface area (TPSA) is 138 Å². The maximum atomic E-state index is 14.7. The van der Waals surface area contributed by atoms with Crippen LogP contribution >= 0.6 is 0 Å². The van der Waals surface area contributed by atoms with Gasteiger partial charge >= 0.3 is 0 Å². The molecule has 0 saturated heterocycles. The van der Waals surface area contributed by atoms with E-state index in [-0.39, 0.29) is 53.7 Å². The molecule has 7 rings (SSSR count). The molecular formula is C40H40N4O7. The standard InChI is InChI=1S/C40H40N4O7/c1-5-17-44(18-6-2)33-28-20-26-19-27-31(29(21-41-38(27)43(3)4)49-22-24-13-9-7-10-14-24)34(45)30(26)36(46)40(28,48)37(47)32-35(33)51-42-39(32)50-23-25-15-11-8-12-16-25/h5-16,21,26,28,33,46,48H,1-2,17-20,22-23H2,3-4H3/t26-,28-,33-,40-/m0/s1. The summed E-state index contributed by atoms with van der Waals surface area (Å²) in [6.07, 6.45) is 5.41. The first-order chi connectivity index (χ1) is 24.7. The van der Waals surface area contributed by atoms with Gasteiger partial charge in [0, 0.05) is 44.2 Å². The third-order valence-corrected chi connectivity index (χ3v) is 10.1. The van der Waals surface area contributed by atoms with Crippen molar-refractivity contribution in [3.05, 3.63) is 137 Å². The van der Waals surface area contributed by atoms with Gasteiger partial charge in [-0.15, -0.1) is 13.2 Å². The fourth-order valence-corrected chi connectivity index (χ4v) is 7.81. The molecule has 51 heavy (non-hydrogen) atoms. The average Bonchev–Trinajstić information content (AvgIpc) is 3.55. The molecule has 3 aliphatic carbocycles. The van der Waals surface area contributed by atoms with E-state index in [0.29, 0.717) is 30.9 Å². The van der Waals surface area contributed by atoms with E-state index in [2.05, 4.69) is 23.3 Å². The van der Waals surface area contributed by atoms with Gasteiger partial charge in [0.2, 0.25) is 5.78 Å². The lowest BCUT2D eigenvalue weighted by atomic mass is 9.58. The number of hydrogen-bond acceptors (Lipinski definition) is 11. The first-order valence-electron chi connectivity index (χ1n) is 16.9.